The number of amides is 1. The van der Waals surface area contributed by atoms with Gasteiger partial charge in [0.1, 0.15) is 5.75 Å². The Balaban J connectivity index is 1.52. The number of ether oxygens (including phenoxy) is 1. The molecule has 2 aromatic rings. The number of anilines is 2. The molecule has 31 heavy (non-hydrogen) atoms. The lowest BCUT2D eigenvalue weighted by atomic mass is 10.1. The molecular formula is C22H28ClN3O4S. The second-order valence-electron chi connectivity index (χ2n) is 7.51. The van der Waals surface area contributed by atoms with E-state index in [1.807, 2.05) is 18.2 Å². The number of halogens is 1. The maximum absolute atomic E-state index is 12.6. The first kappa shape index (κ1) is 23.2. The van der Waals surface area contributed by atoms with Crippen LogP contribution in [-0.4, -0.2) is 64.8 Å². The fraction of sp³-hybridized carbons (Fsp3) is 0.409. The van der Waals surface area contributed by atoms with Crippen LogP contribution in [-0.2, 0) is 14.8 Å². The van der Waals surface area contributed by atoms with Crippen molar-refractivity contribution in [2.75, 3.05) is 54.8 Å². The highest BCUT2D eigenvalue weighted by Gasteiger charge is 2.22. The first-order valence-corrected chi connectivity index (χ1v) is 12.4. The molecule has 0 radical (unpaired) electrons. The average molecular weight is 466 g/mol. The van der Waals surface area contributed by atoms with Crippen LogP contribution >= 0.6 is 11.6 Å². The number of hydrogen-bond donors (Lipinski definition) is 0. The van der Waals surface area contributed by atoms with Crippen LogP contribution < -0.4 is 13.9 Å². The largest absolute Gasteiger partial charge is 0.484 e. The van der Waals surface area contributed by atoms with Crippen molar-refractivity contribution < 1.29 is 17.9 Å². The summed E-state index contributed by atoms with van der Waals surface area (Å²) in [4.78, 5) is 16.6. The van der Waals surface area contributed by atoms with E-state index in [-0.39, 0.29) is 12.5 Å². The van der Waals surface area contributed by atoms with Crippen LogP contribution in [0.5, 0.6) is 5.75 Å². The van der Waals surface area contributed by atoms with Crippen molar-refractivity contribution in [1.82, 2.24) is 4.90 Å². The molecule has 0 atom stereocenters. The van der Waals surface area contributed by atoms with E-state index < -0.39 is 10.0 Å². The highest BCUT2D eigenvalue weighted by Crippen LogP contribution is 2.25. The van der Waals surface area contributed by atoms with Crippen molar-refractivity contribution in [3.05, 3.63) is 53.1 Å². The third-order valence-corrected chi connectivity index (χ3v) is 6.82. The van der Waals surface area contributed by atoms with E-state index in [1.165, 1.54) is 10.6 Å². The SMILES string of the molecule is CCN(c1ccc(OCC(=O)N2CCN(c3cc(Cl)ccc3C)CC2)cc1)S(C)(=O)=O. The molecule has 1 heterocycles. The van der Waals surface area contributed by atoms with Crippen LogP contribution in [0.15, 0.2) is 42.5 Å². The third-order valence-electron chi connectivity index (χ3n) is 5.32. The zero-order valence-electron chi connectivity index (χ0n) is 18.0. The Morgan fingerprint density at radius 1 is 1.10 bits per heavy atom. The lowest BCUT2D eigenvalue weighted by molar-refractivity contribution is -0.133. The van der Waals surface area contributed by atoms with E-state index in [0.29, 0.717) is 36.1 Å². The molecule has 1 amide bonds. The molecule has 0 saturated carbocycles. The molecule has 9 heteroatoms. The van der Waals surface area contributed by atoms with Crippen LogP contribution in [0.4, 0.5) is 11.4 Å². The van der Waals surface area contributed by atoms with E-state index in [1.54, 1.807) is 36.1 Å². The van der Waals surface area contributed by atoms with Crippen molar-refractivity contribution in [1.29, 1.82) is 0 Å². The van der Waals surface area contributed by atoms with E-state index in [4.69, 9.17) is 16.3 Å². The van der Waals surface area contributed by atoms with Gasteiger partial charge in [-0.3, -0.25) is 9.10 Å². The summed E-state index contributed by atoms with van der Waals surface area (Å²) < 4.78 is 30.6. The van der Waals surface area contributed by atoms with Gasteiger partial charge < -0.3 is 14.5 Å². The highest BCUT2D eigenvalue weighted by molar-refractivity contribution is 7.92. The second kappa shape index (κ2) is 9.78. The van der Waals surface area contributed by atoms with Gasteiger partial charge in [0.25, 0.3) is 5.91 Å². The van der Waals surface area contributed by atoms with Gasteiger partial charge in [-0.1, -0.05) is 17.7 Å². The van der Waals surface area contributed by atoms with Crippen LogP contribution in [0.1, 0.15) is 12.5 Å². The predicted molar refractivity (Wildman–Crippen MR) is 125 cm³/mol. The Kier molecular flexibility index (Phi) is 7.33. The zero-order chi connectivity index (χ0) is 22.6. The van der Waals surface area contributed by atoms with Crippen molar-refractivity contribution in [3.8, 4) is 5.75 Å². The minimum absolute atomic E-state index is 0.0564. The molecule has 168 valence electrons. The molecule has 0 spiro atoms. The Morgan fingerprint density at radius 2 is 1.74 bits per heavy atom. The molecule has 0 aliphatic carbocycles. The predicted octanol–water partition coefficient (Wildman–Crippen LogP) is 3.16. The first-order valence-electron chi connectivity index (χ1n) is 10.2. The number of nitrogens with zero attached hydrogens (tertiary/aromatic N) is 3. The van der Waals surface area contributed by atoms with Crippen molar-refractivity contribution in [2.24, 2.45) is 0 Å². The van der Waals surface area contributed by atoms with Crippen LogP contribution in [0, 0.1) is 6.92 Å². The van der Waals surface area contributed by atoms with Gasteiger partial charge in [0.15, 0.2) is 6.61 Å². The number of aryl methyl sites for hydroxylation is 1. The first-order chi connectivity index (χ1) is 14.7. The summed E-state index contributed by atoms with van der Waals surface area (Å²) in [5.74, 6) is 0.452. The minimum atomic E-state index is -3.33. The van der Waals surface area contributed by atoms with Crippen LogP contribution in [0.25, 0.3) is 0 Å². The highest BCUT2D eigenvalue weighted by atomic mass is 35.5. The molecule has 0 unspecified atom stereocenters. The number of carbonyl (C=O) groups is 1. The molecule has 2 aromatic carbocycles. The van der Waals surface area contributed by atoms with E-state index in [2.05, 4.69) is 11.8 Å². The van der Waals surface area contributed by atoms with Gasteiger partial charge in [0, 0.05) is 43.4 Å². The molecule has 0 aromatic heterocycles. The summed E-state index contributed by atoms with van der Waals surface area (Å²) in [7, 11) is -3.33. The molecular weight excluding hydrogens is 438 g/mol. The maximum Gasteiger partial charge on any atom is 0.260 e. The quantitative estimate of drug-likeness (QED) is 0.628. The van der Waals surface area contributed by atoms with E-state index in [0.717, 1.165) is 24.3 Å². The minimum Gasteiger partial charge on any atom is -0.484 e. The standard InChI is InChI=1S/C22H28ClN3O4S/c1-4-26(31(3,28)29)19-7-9-20(10-8-19)30-16-22(27)25-13-11-24(12-14-25)21-15-18(23)6-5-17(21)2/h5-10,15H,4,11-14,16H2,1-3H3. The molecule has 1 aliphatic rings. The number of rotatable bonds is 7. The zero-order valence-corrected chi connectivity index (χ0v) is 19.6. The summed E-state index contributed by atoms with van der Waals surface area (Å²) in [5, 5.41) is 0.706. The van der Waals surface area contributed by atoms with Gasteiger partial charge in [-0.25, -0.2) is 8.42 Å². The summed E-state index contributed by atoms with van der Waals surface area (Å²) in [5.41, 5.74) is 2.83. The third kappa shape index (κ3) is 5.83. The smallest absolute Gasteiger partial charge is 0.260 e. The molecule has 1 aliphatic heterocycles. The molecule has 1 fully saturated rings. The second-order valence-corrected chi connectivity index (χ2v) is 9.85. The fourth-order valence-corrected chi connectivity index (χ4v) is 4.81. The summed E-state index contributed by atoms with van der Waals surface area (Å²) in [6.07, 6.45) is 1.17. The lowest BCUT2D eigenvalue weighted by Crippen LogP contribution is -2.50. The van der Waals surface area contributed by atoms with Gasteiger partial charge in [-0.2, -0.15) is 0 Å². The van der Waals surface area contributed by atoms with E-state index in [9.17, 15) is 13.2 Å². The summed E-state index contributed by atoms with van der Waals surface area (Å²) >= 11 is 6.13. The van der Waals surface area contributed by atoms with E-state index >= 15 is 0 Å². The Bertz CT molecular complexity index is 1020. The Hall–Kier alpha value is -2.45. The van der Waals surface area contributed by atoms with Gasteiger partial charge in [-0.15, -0.1) is 0 Å². The number of sulfonamides is 1. The summed E-state index contributed by atoms with van der Waals surface area (Å²) in [6, 6.07) is 12.6. The molecule has 1 saturated heterocycles. The fourth-order valence-electron chi connectivity index (χ4n) is 3.67. The Morgan fingerprint density at radius 3 is 2.32 bits per heavy atom. The van der Waals surface area contributed by atoms with Crippen LogP contribution in [0.3, 0.4) is 0 Å². The normalized spacial score (nSPS) is 14.5. The number of piperazine rings is 1. The van der Waals surface area contributed by atoms with Gasteiger partial charge >= 0.3 is 0 Å². The van der Waals surface area contributed by atoms with Crippen molar-refractivity contribution >= 4 is 38.9 Å². The number of carbonyl (C=O) groups excluding carboxylic acids is 1. The van der Waals surface area contributed by atoms with Crippen LogP contribution in [0.2, 0.25) is 5.02 Å². The lowest BCUT2D eigenvalue weighted by Gasteiger charge is -2.36. The molecule has 0 bridgehead atoms. The summed E-state index contributed by atoms with van der Waals surface area (Å²) in [6.45, 7) is 6.83. The van der Waals surface area contributed by atoms with Crippen molar-refractivity contribution in [3.63, 3.8) is 0 Å². The topological polar surface area (TPSA) is 70.2 Å². The average Bonchev–Trinajstić information content (AvgIpc) is 2.74. The molecule has 7 nitrogen and oxygen atoms in total. The molecule has 0 N–H and O–H groups in total. The van der Waals surface area contributed by atoms with Gasteiger partial charge in [-0.05, 0) is 55.8 Å². The Labute approximate surface area is 189 Å². The number of hydrogen-bond acceptors (Lipinski definition) is 5. The number of benzene rings is 2. The monoisotopic (exact) mass is 465 g/mol. The molecule has 3 rings (SSSR count). The van der Waals surface area contributed by atoms with Gasteiger partial charge in [0.2, 0.25) is 10.0 Å². The van der Waals surface area contributed by atoms with Crippen molar-refractivity contribution in [2.45, 2.75) is 13.8 Å². The van der Waals surface area contributed by atoms with Gasteiger partial charge in [0.05, 0.1) is 11.9 Å². The maximum atomic E-state index is 12.6.